The Bertz CT molecular complexity index is 1240. The van der Waals surface area contributed by atoms with Crippen molar-refractivity contribution >= 4 is 28.2 Å². The number of methoxy groups -OCH3 is 2. The summed E-state index contributed by atoms with van der Waals surface area (Å²) in [6.07, 6.45) is 0. The summed E-state index contributed by atoms with van der Waals surface area (Å²) < 4.78 is 16.1. The molecule has 162 valence electrons. The van der Waals surface area contributed by atoms with Crippen LogP contribution in [-0.2, 0) is 4.74 Å². The molecule has 0 aliphatic rings. The van der Waals surface area contributed by atoms with Gasteiger partial charge in [-0.3, -0.25) is 0 Å². The molecular formula is C25H23N3O4. The maximum absolute atomic E-state index is 12.0. The molecule has 0 unspecified atom stereocenters. The highest BCUT2D eigenvalue weighted by Crippen LogP contribution is 2.39. The highest BCUT2D eigenvalue weighted by Gasteiger charge is 2.17. The van der Waals surface area contributed by atoms with Crippen molar-refractivity contribution in [3.05, 3.63) is 72.3 Å². The van der Waals surface area contributed by atoms with Gasteiger partial charge in [-0.2, -0.15) is 0 Å². The fourth-order valence-corrected chi connectivity index (χ4v) is 3.42. The smallest absolute Gasteiger partial charge is 0.338 e. The van der Waals surface area contributed by atoms with Crippen LogP contribution in [0.1, 0.15) is 17.3 Å². The van der Waals surface area contributed by atoms with Crippen molar-refractivity contribution in [2.75, 3.05) is 26.1 Å². The van der Waals surface area contributed by atoms with E-state index in [1.165, 1.54) is 0 Å². The molecule has 0 saturated heterocycles. The first kappa shape index (κ1) is 21.1. The van der Waals surface area contributed by atoms with Crippen LogP contribution in [0.3, 0.4) is 0 Å². The van der Waals surface area contributed by atoms with Gasteiger partial charge in [-0.25, -0.2) is 4.79 Å². The standard InChI is InChI=1S/C25H23N3O4/c1-4-32-25(29)17-12-10-16(11-13-17)23-19-14-21(30-2)22(31-3)15-20(19)24(28-27-23)26-18-8-6-5-7-9-18/h5-15H,4H2,1-3H3,(H,26,28). The van der Waals surface area contributed by atoms with Gasteiger partial charge in [0.2, 0.25) is 0 Å². The number of nitrogens with zero attached hydrogens (tertiary/aromatic N) is 2. The topological polar surface area (TPSA) is 82.6 Å². The Balaban J connectivity index is 1.84. The van der Waals surface area contributed by atoms with Crippen LogP contribution in [0.25, 0.3) is 22.0 Å². The third-order valence-corrected chi connectivity index (χ3v) is 4.99. The average molecular weight is 429 g/mol. The Morgan fingerprint density at radius 3 is 2.16 bits per heavy atom. The van der Waals surface area contributed by atoms with Crippen LogP contribution in [0, 0.1) is 0 Å². The van der Waals surface area contributed by atoms with Crippen molar-refractivity contribution in [1.29, 1.82) is 0 Å². The monoisotopic (exact) mass is 429 g/mol. The summed E-state index contributed by atoms with van der Waals surface area (Å²) in [6, 6.07) is 20.6. The average Bonchev–Trinajstić information content (AvgIpc) is 2.84. The van der Waals surface area contributed by atoms with Gasteiger partial charge in [0.1, 0.15) is 5.69 Å². The zero-order chi connectivity index (χ0) is 22.5. The Labute approximate surface area is 186 Å². The van der Waals surface area contributed by atoms with Crippen molar-refractivity contribution in [3.63, 3.8) is 0 Å². The van der Waals surface area contributed by atoms with Gasteiger partial charge in [-0.15, -0.1) is 10.2 Å². The van der Waals surface area contributed by atoms with Crippen LogP contribution in [0.5, 0.6) is 11.5 Å². The third kappa shape index (κ3) is 4.18. The van der Waals surface area contributed by atoms with E-state index in [1.807, 2.05) is 54.6 Å². The fraction of sp³-hybridized carbons (Fsp3) is 0.160. The summed E-state index contributed by atoms with van der Waals surface area (Å²) in [6.45, 7) is 2.11. The minimum absolute atomic E-state index is 0.328. The number of fused-ring (bicyclic) bond motifs is 1. The van der Waals surface area contributed by atoms with E-state index in [1.54, 1.807) is 33.3 Å². The van der Waals surface area contributed by atoms with Crippen LogP contribution in [0.2, 0.25) is 0 Å². The van der Waals surface area contributed by atoms with Gasteiger partial charge in [0.05, 0.1) is 26.4 Å². The van der Waals surface area contributed by atoms with E-state index < -0.39 is 0 Å². The number of hydrogen-bond acceptors (Lipinski definition) is 7. The van der Waals surface area contributed by atoms with Crippen molar-refractivity contribution in [3.8, 4) is 22.8 Å². The lowest BCUT2D eigenvalue weighted by Crippen LogP contribution is -2.04. The summed E-state index contributed by atoms with van der Waals surface area (Å²) in [5.41, 5.74) is 2.85. The summed E-state index contributed by atoms with van der Waals surface area (Å²) in [5, 5.41) is 13.9. The lowest BCUT2D eigenvalue weighted by Gasteiger charge is -2.15. The molecule has 0 aliphatic heterocycles. The van der Waals surface area contributed by atoms with Crippen LogP contribution in [0.4, 0.5) is 11.5 Å². The number of hydrogen-bond donors (Lipinski definition) is 1. The SMILES string of the molecule is CCOC(=O)c1ccc(-c2nnc(Nc3ccccc3)c3cc(OC)c(OC)cc23)cc1. The number of carbonyl (C=O) groups is 1. The first-order chi connectivity index (χ1) is 15.6. The number of nitrogens with one attached hydrogen (secondary N) is 1. The summed E-state index contributed by atoms with van der Waals surface area (Å²) in [7, 11) is 3.19. The molecule has 32 heavy (non-hydrogen) atoms. The van der Waals surface area contributed by atoms with E-state index >= 15 is 0 Å². The van der Waals surface area contributed by atoms with E-state index in [4.69, 9.17) is 14.2 Å². The minimum atomic E-state index is -0.358. The first-order valence-corrected chi connectivity index (χ1v) is 10.2. The number of ether oxygens (including phenoxy) is 3. The molecule has 4 aromatic rings. The molecule has 0 amide bonds. The Kier molecular flexibility index (Phi) is 6.17. The number of para-hydroxylation sites is 1. The number of aromatic nitrogens is 2. The zero-order valence-electron chi connectivity index (χ0n) is 18.1. The van der Waals surface area contributed by atoms with E-state index in [2.05, 4.69) is 15.5 Å². The normalized spacial score (nSPS) is 10.6. The maximum Gasteiger partial charge on any atom is 0.338 e. The number of benzene rings is 3. The number of rotatable bonds is 7. The molecule has 7 nitrogen and oxygen atoms in total. The third-order valence-electron chi connectivity index (χ3n) is 4.99. The predicted molar refractivity (Wildman–Crippen MR) is 124 cm³/mol. The summed E-state index contributed by atoms with van der Waals surface area (Å²) in [5.74, 6) is 1.42. The molecule has 1 aromatic heterocycles. The zero-order valence-corrected chi connectivity index (χ0v) is 18.1. The van der Waals surface area contributed by atoms with Crippen LogP contribution in [-0.4, -0.2) is 37.0 Å². The predicted octanol–water partition coefficient (Wildman–Crippen LogP) is 5.23. The second-order valence-electron chi connectivity index (χ2n) is 6.94. The van der Waals surface area contributed by atoms with Crippen molar-refractivity contribution in [2.45, 2.75) is 6.92 Å². The van der Waals surface area contributed by atoms with Crippen molar-refractivity contribution < 1.29 is 19.0 Å². The van der Waals surface area contributed by atoms with E-state index in [9.17, 15) is 4.79 Å². The number of esters is 1. The van der Waals surface area contributed by atoms with Crippen molar-refractivity contribution in [2.24, 2.45) is 0 Å². The van der Waals surface area contributed by atoms with Crippen LogP contribution >= 0.6 is 0 Å². The molecule has 4 rings (SSSR count). The molecule has 3 aromatic carbocycles. The Morgan fingerprint density at radius 1 is 0.875 bits per heavy atom. The van der Waals surface area contributed by atoms with Gasteiger partial charge in [0.15, 0.2) is 17.3 Å². The molecular weight excluding hydrogens is 406 g/mol. The Hall–Kier alpha value is -4.13. The van der Waals surface area contributed by atoms with Crippen LogP contribution < -0.4 is 14.8 Å². The lowest BCUT2D eigenvalue weighted by atomic mass is 10.0. The van der Waals surface area contributed by atoms with Crippen molar-refractivity contribution in [1.82, 2.24) is 10.2 Å². The largest absolute Gasteiger partial charge is 0.493 e. The van der Waals surface area contributed by atoms with Gasteiger partial charge >= 0.3 is 5.97 Å². The second-order valence-corrected chi connectivity index (χ2v) is 6.94. The quantitative estimate of drug-likeness (QED) is 0.403. The van der Waals surface area contributed by atoms with E-state index in [0.29, 0.717) is 35.2 Å². The van der Waals surface area contributed by atoms with Gasteiger partial charge in [0, 0.05) is 22.0 Å². The number of carbonyl (C=O) groups excluding carboxylic acids is 1. The molecule has 0 atom stereocenters. The van der Waals surface area contributed by atoms with Gasteiger partial charge in [-0.05, 0) is 43.3 Å². The summed E-state index contributed by atoms with van der Waals surface area (Å²) >= 11 is 0. The van der Waals surface area contributed by atoms with E-state index in [-0.39, 0.29) is 5.97 Å². The molecule has 0 fully saturated rings. The number of anilines is 2. The minimum Gasteiger partial charge on any atom is -0.493 e. The highest BCUT2D eigenvalue weighted by molar-refractivity contribution is 6.03. The summed E-state index contributed by atoms with van der Waals surface area (Å²) in [4.78, 5) is 12.0. The maximum atomic E-state index is 12.0. The molecule has 0 bridgehead atoms. The van der Waals surface area contributed by atoms with Gasteiger partial charge in [-0.1, -0.05) is 30.3 Å². The molecule has 1 N–H and O–H groups in total. The lowest BCUT2D eigenvalue weighted by molar-refractivity contribution is 0.0526. The van der Waals surface area contributed by atoms with E-state index in [0.717, 1.165) is 22.0 Å². The van der Waals surface area contributed by atoms with Crippen LogP contribution in [0.15, 0.2) is 66.7 Å². The molecule has 0 radical (unpaired) electrons. The Morgan fingerprint density at radius 2 is 1.53 bits per heavy atom. The molecule has 7 heteroatoms. The molecule has 0 saturated carbocycles. The second kappa shape index (κ2) is 9.34. The molecule has 1 heterocycles. The van der Waals surface area contributed by atoms with Gasteiger partial charge in [0.25, 0.3) is 0 Å². The first-order valence-electron chi connectivity index (χ1n) is 10.2. The molecule has 0 aliphatic carbocycles. The molecule has 0 spiro atoms. The fourth-order valence-electron chi connectivity index (χ4n) is 3.42. The van der Waals surface area contributed by atoms with Gasteiger partial charge < -0.3 is 19.5 Å². The highest BCUT2D eigenvalue weighted by atomic mass is 16.5.